The van der Waals surface area contributed by atoms with Crippen LogP contribution in [-0.2, 0) is 0 Å². The number of aromatic nitrogens is 2. The van der Waals surface area contributed by atoms with Gasteiger partial charge >= 0.3 is 0 Å². The second-order valence-corrected chi connectivity index (χ2v) is 4.48. The van der Waals surface area contributed by atoms with Gasteiger partial charge in [-0.05, 0) is 30.3 Å². The molecule has 0 fully saturated rings. The van der Waals surface area contributed by atoms with Crippen molar-refractivity contribution >= 4 is 11.8 Å². The Morgan fingerprint density at radius 3 is 2.76 bits per heavy atom. The Labute approximate surface area is 102 Å². The lowest BCUT2D eigenvalue weighted by atomic mass is 10.1. The molecular formula is C11H11FN2O2S. The van der Waals surface area contributed by atoms with Gasteiger partial charge in [0.1, 0.15) is 5.82 Å². The molecule has 2 aromatic rings. The van der Waals surface area contributed by atoms with Crippen LogP contribution in [0.25, 0.3) is 0 Å². The molecule has 0 saturated heterocycles. The standard InChI is InChI=1S/C11H11FN2O2S/c1-6(15)8-4-3-5-9(12)10(8)17-11-14-13-7(2)16-11/h3-6,15H,1-2H3. The van der Waals surface area contributed by atoms with E-state index in [1.165, 1.54) is 6.07 Å². The Kier molecular flexibility index (Phi) is 3.44. The molecule has 6 heteroatoms. The van der Waals surface area contributed by atoms with Gasteiger partial charge in [0.2, 0.25) is 5.89 Å². The minimum absolute atomic E-state index is 0.259. The van der Waals surface area contributed by atoms with Crippen molar-refractivity contribution in [1.82, 2.24) is 10.2 Å². The Balaban J connectivity index is 2.37. The van der Waals surface area contributed by atoms with E-state index in [1.807, 2.05) is 0 Å². The van der Waals surface area contributed by atoms with Crippen LogP contribution in [0.4, 0.5) is 4.39 Å². The van der Waals surface area contributed by atoms with Crippen LogP contribution in [0, 0.1) is 12.7 Å². The summed E-state index contributed by atoms with van der Waals surface area (Å²) in [4.78, 5) is 0.311. The van der Waals surface area contributed by atoms with Gasteiger partial charge in [0.25, 0.3) is 5.22 Å². The van der Waals surface area contributed by atoms with Crippen molar-refractivity contribution in [1.29, 1.82) is 0 Å². The molecule has 0 aliphatic heterocycles. The van der Waals surface area contributed by atoms with Crippen LogP contribution in [0.15, 0.2) is 32.7 Å². The van der Waals surface area contributed by atoms with Gasteiger partial charge in [0.05, 0.1) is 11.0 Å². The minimum atomic E-state index is -0.753. The summed E-state index contributed by atoms with van der Waals surface area (Å²) < 4.78 is 18.9. The van der Waals surface area contributed by atoms with Gasteiger partial charge < -0.3 is 9.52 Å². The maximum absolute atomic E-state index is 13.7. The number of hydrogen-bond donors (Lipinski definition) is 1. The maximum atomic E-state index is 13.7. The molecule has 4 nitrogen and oxygen atoms in total. The lowest BCUT2D eigenvalue weighted by molar-refractivity contribution is 0.195. The molecule has 17 heavy (non-hydrogen) atoms. The third-order valence-corrected chi connectivity index (χ3v) is 3.12. The smallest absolute Gasteiger partial charge is 0.281 e. The van der Waals surface area contributed by atoms with Crippen molar-refractivity contribution in [3.8, 4) is 0 Å². The SMILES string of the molecule is Cc1nnc(Sc2c(F)cccc2C(C)O)o1. The lowest BCUT2D eigenvalue weighted by Crippen LogP contribution is -1.96. The Hall–Kier alpha value is -1.40. The normalized spacial score (nSPS) is 12.7. The topological polar surface area (TPSA) is 59.2 Å². The van der Waals surface area contributed by atoms with E-state index in [2.05, 4.69) is 10.2 Å². The highest BCUT2D eigenvalue weighted by atomic mass is 32.2. The number of benzene rings is 1. The number of nitrogens with zero attached hydrogens (tertiary/aromatic N) is 2. The van der Waals surface area contributed by atoms with Gasteiger partial charge in [-0.3, -0.25) is 0 Å². The summed E-state index contributed by atoms with van der Waals surface area (Å²) in [5.41, 5.74) is 0.505. The first-order valence-electron chi connectivity index (χ1n) is 5.02. The predicted octanol–water partition coefficient (Wildman–Crippen LogP) is 2.72. The van der Waals surface area contributed by atoms with Crippen molar-refractivity contribution < 1.29 is 13.9 Å². The van der Waals surface area contributed by atoms with Gasteiger partial charge in [-0.15, -0.1) is 10.2 Å². The van der Waals surface area contributed by atoms with Crippen LogP contribution in [0.5, 0.6) is 0 Å². The van der Waals surface area contributed by atoms with E-state index in [0.29, 0.717) is 16.3 Å². The van der Waals surface area contributed by atoms with Crippen LogP contribution < -0.4 is 0 Å². The van der Waals surface area contributed by atoms with Crippen molar-refractivity contribution in [2.45, 2.75) is 30.1 Å². The molecule has 1 aromatic carbocycles. The van der Waals surface area contributed by atoms with E-state index >= 15 is 0 Å². The third kappa shape index (κ3) is 2.65. The second kappa shape index (κ2) is 4.85. The van der Waals surface area contributed by atoms with Gasteiger partial charge in [0, 0.05) is 6.92 Å². The molecule has 0 saturated carbocycles. The van der Waals surface area contributed by atoms with Crippen molar-refractivity contribution in [3.05, 3.63) is 35.5 Å². The Morgan fingerprint density at radius 2 is 2.18 bits per heavy atom. The average molecular weight is 254 g/mol. The summed E-state index contributed by atoms with van der Waals surface area (Å²) in [7, 11) is 0. The highest BCUT2D eigenvalue weighted by Crippen LogP contribution is 2.34. The number of aliphatic hydroxyl groups is 1. The van der Waals surface area contributed by atoms with Crippen molar-refractivity contribution in [2.75, 3.05) is 0 Å². The van der Waals surface area contributed by atoms with Gasteiger partial charge in [-0.2, -0.15) is 0 Å². The first-order valence-corrected chi connectivity index (χ1v) is 5.84. The summed E-state index contributed by atoms with van der Waals surface area (Å²) in [6.45, 7) is 3.24. The largest absolute Gasteiger partial charge is 0.416 e. The monoisotopic (exact) mass is 254 g/mol. The van der Waals surface area contributed by atoms with Crippen LogP contribution in [-0.4, -0.2) is 15.3 Å². The summed E-state index contributed by atoms with van der Waals surface area (Å²) >= 11 is 1.01. The Bertz CT molecular complexity index is 528. The number of aryl methyl sites for hydroxylation is 1. The minimum Gasteiger partial charge on any atom is -0.416 e. The van der Waals surface area contributed by atoms with Gasteiger partial charge in [0.15, 0.2) is 0 Å². The van der Waals surface area contributed by atoms with Gasteiger partial charge in [-0.25, -0.2) is 4.39 Å². The average Bonchev–Trinajstić information content (AvgIpc) is 2.67. The maximum Gasteiger partial charge on any atom is 0.281 e. The zero-order chi connectivity index (χ0) is 12.4. The summed E-state index contributed by atoms with van der Waals surface area (Å²) in [6, 6.07) is 4.55. The fourth-order valence-electron chi connectivity index (χ4n) is 1.37. The molecule has 0 radical (unpaired) electrons. The molecular weight excluding hydrogens is 243 g/mol. The molecule has 0 spiro atoms. The van der Waals surface area contributed by atoms with E-state index in [9.17, 15) is 9.50 Å². The van der Waals surface area contributed by atoms with Crippen LogP contribution in [0.3, 0.4) is 0 Å². The zero-order valence-corrected chi connectivity index (χ0v) is 10.2. The molecule has 1 aromatic heterocycles. The van der Waals surface area contributed by atoms with E-state index < -0.39 is 11.9 Å². The predicted molar refractivity (Wildman–Crippen MR) is 60.2 cm³/mol. The van der Waals surface area contributed by atoms with E-state index in [4.69, 9.17) is 4.42 Å². The van der Waals surface area contributed by atoms with Crippen LogP contribution in [0.1, 0.15) is 24.5 Å². The zero-order valence-electron chi connectivity index (χ0n) is 9.35. The first kappa shape index (κ1) is 12.1. The number of hydrogen-bond acceptors (Lipinski definition) is 5. The van der Waals surface area contributed by atoms with E-state index in [1.54, 1.807) is 26.0 Å². The molecule has 1 N–H and O–H groups in total. The van der Waals surface area contributed by atoms with Gasteiger partial charge in [-0.1, -0.05) is 12.1 Å². The molecule has 0 aliphatic carbocycles. The molecule has 2 rings (SSSR count). The number of aliphatic hydroxyl groups excluding tert-OH is 1. The third-order valence-electron chi connectivity index (χ3n) is 2.14. The Morgan fingerprint density at radius 1 is 1.41 bits per heavy atom. The number of halogens is 1. The second-order valence-electron chi connectivity index (χ2n) is 3.52. The highest BCUT2D eigenvalue weighted by molar-refractivity contribution is 7.99. The summed E-state index contributed by atoms with van der Waals surface area (Å²) in [5, 5.41) is 17.3. The first-order chi connectivity index (χ1) is 8.08. The molecule has 1 atom stereocenters. The quantitative estimate of drug-likeness (QED) is 0.912. The van der Waals surface area contributed by atoms with E-state index in [-0.39, 0.29) is 5.22 Å². The molecule has 1 heterocycles. The fourth-order valence-corrected chi connectivity index (χ4v) is 2.31. The summed E-state index contributed by atoms with van der Waals surface area (Å²) in [5.74, 6) is 0.00619. The molecule has 1 unspecified atom stereocenters. The fraction of sp³-hybridized carbons (Fsp3) is 0.273. The van der Waals surface area contributed by atoms with E-state index in [0.717, 1.165) is 11.8 Å². The van der Waals surface area contributed by atoms with Crippen LogP contribution >= 0.6 is 11.8 Å². The highest BCUT2D eigenvalue weighted by Gasteiger charge is 2.16. The summed E-state index contributed by atoms with van der Waals surface area (Å²) in [6.07, 6.45) is -0.753. The lowest BCUT2D eigenvalue weighted by Gasteiger charge is -2.10. The molecule has 90 valence electrons. The van der Waals surface area contributed by atoms with Crippen LogP contribution in [0.2, 0.25) is 0 Å². The molecule has 0 bridgehead atoms. The molecule has 0 aliphatic rings. The van der Waals surface area contributed by atoms with Crippen molar-refractivity contribution in [2.24, 2.45) is 0 Å². The molecule has 0 amide bonds. The van der Waals surface area contributed by atoms with Crippen molar-refractivity contribution in [3.63, 3.8) is 0 Å². The number of rotatable bonds is 3.